The zero-order chi connectivity index (χ0) is 23.9. The van der Waals surface area contributed by atoms with Crippen molar-refractivity contribution in [2.75, 3.05) is 26.2 Å². The fraction of sp³-hybridized carbons (Fsp3) is 0.448. The first-order chi connectivity index (χ1) is 17.1. The lowest BCUT2D eigenvalue weighted by atomic mass is 9.87. The van der Waals surface area contributed by atoms with Gasteiger partial charge in [-0.1, -0.05) is 30.3 Å². The van der Waals surface area contributed by atoms with Gasteiger partial charge in [0.15, 0.2) is 5.43 Å². The topological polar surface area (TPSA) is 45.6 Å². The molecule has 3 heterocycles. The Morgan fingerprint density at radius 3 is 2.49 bits per heavy atom. The van der Waals surface area contributed by atoms with Gasteiger partial charge in [-0.3, -0.25) is 14.5 Å². The van der Waals surface area contributed by atoms with E-state index in [4.69, 9.17) is 0 Å². The Kier molecular flexibility index (Phi) is 6.11. The second-order valence-electron chi connectivity index (χ2n) is 10.3. The minimum absolute atomic E-state index is 0.0644. The Balaban J connectivity index is 1.21. The summed E-state index contributed by atoms with van der Waals surface area (Å²) in [4.78, 5) is 32.7. The predicted molar refractivity (Wildman–Crippen MR) is 141 cm³/mol. The van der Waals surface area contributed by atoms with E-state index in [0.29, 0.717) is 30.6 Å². The number of aromatic nitrogens is 1. The average molecular weight is 488 g/mol. The van der Waals surface area contributed by atoms with Crippen LogP contribution in [0.4, 0.5) is 0 Å². The fourth-order valence-corrected chi connectivity index (χ4v) is 6.69. The molecule has 1 amide bonds. The number of carbonyl (C=O) groups excluding carboxylic acids is 1. The summed E-state index contributed by atoms with van der Waals surface area (Å²) in [6.07, 6.45) is 5.54. The van der Waals surface area contributed by atoms with E-state index in [2.05, 4.69) is 51.2 Å². The fourth-order valence-electron chi connectivity index (χ4n) is 5.99. The maximum Gasteiger partial charge on any atom is 0.259 e. The van der Waals surface area contributed by atoms with E-state index in [-0.39, 0.29) is 11.3 Å². The van der Waals surface area contributed by atoms with E-state index in [0.717, 1.165) is 56.7 Å². The lowest BCUT2D eigenvalue weighted by Gasteiger charge is -2.41. The lowest BCUT2D eigenvalue weighted by molar-refractivity contribution is 0.0550. The molecule has 0 spiro atoms. The van der Waals surface area contributed by atoms with Gasteiger partial charge in [-0.2, -0.15) is 0 Å². The van der Waals surface area contributed by atoms with Gasteiger partial charge < -0.3 is 9.47 Å². The summed E-state index contributed by atoms with van der Waals surface area (Å²) < 4.78 is 2.23. The summed E-state index contributed by atoms with van der Waals surface area (Å²) in [6.45, 7) is 5.88. The van der Waals surface area contributed by atoms with E-state index in [1.54, 1.807) is 17.4 Å². The molecule has 0 unspecified atom stereocenters. The number of carbonyl (C=O) groups is 1. The Morgan fingerprint density at radius 1 is 1.00 bits per heavy atom. The molecule has 3 aromatic rings. The summed E-state index contributed by atoms with van der Waals surface area (Å²) >= 11 is 1.72. The van der Waals surface area contributed by atoms with Crippen LogP contribution >= 0.6 is 11.3 Å². The second kappa shape index (κ2) is 9.40. The molecule has 1 aromatic carbocycles. The van der Waals surface area contributed by atoms with E-state index in [9.17, 15) is 9.59 Å². The summed E-state index contributed by atoms with van der Waals surface area (Å²) in [6, 6.07) is 15.2. The van der Waals surface area contributed by atoms with Crippen LogP contribution in [0.2, 0.25) is 0 Å². The second-order valence-corrected chi connectivity index (χ2v) is 11.4. The number of fused-ring (bicyclic) bond motifs is 1. The lowest BCUT2D eigenvalue weighted by Crippen LogP contribution is -2.53. The molecule has 35 heavy (non-hydrogen) atoms. The van der Waals surface area contributed by atoms with Crippen LogP contribution in [0.5, 0.6) is 0 Å². The third-order valence-corrected chi connectivity index (χ3v) is 8.93. The third kappa shape index (κ3) is 4.50. The normalized spacial score (nSPS) is 20.6. The van der Waals surface area contributed by atoms with E-state index in [1.807, 2.05) is 11.8 Å². The molecule has 2 aliphatic carbocycles. The van der Waals surface area contributed by atoms with Gasteiger partial charge in [0, 0.05) is 60.5 Å². The largest absolute Gasteiger partial charge is 0.342 e. The van der Waals surface area contributed by atoms with Crippen LogP contribution in [0.15, 0.2) is 52.6 Å². The van der Waals surface area contributed by atoms with Crippen molar-refractivity contribution in [3.8, 4) is 0 Å². The van der Waals surface area contributed by atoms with Crippen LogP contribution in [0.1, 0.15) is 62.9 Å². The monoisotopic (exact) mass is 487 g/mol. The smallest absolute Gasteiger partial charge is 0.259 e. The van der Waals surface area contributed by atoms with Gasteiger partial charge in [0.1, 0.15) is 5.56 Å². The molecule has 6 rings (SSSR count). The number of benzene rings is 1. The Morgan fingerprint density at radius 2 is 1.77 bits per heavy atom. The minimum atomic E-state index is -0.108. The van der Waals surface area contributed by atoms with Gasteiger partial charge >= 0.3 is 0 Å². The maximum atomic E-state index is 13.8. The van der Waals surface area contributed by atoms with Gasteiger partial charge in [-0.05, 0) is 61.6 Å². The quantitative estimate of drug-likeness (QED) is 0.534. The molecule has 1 aliphatic heterocycles. The van der Waals surface area contributed by atoms with Crippen molar-refractivity contribution in [3.05, 3.63) is 91.0 Å². The van der Waals surface area contributed by atoms with Crippen LogP contribution in [0, 0.1) is 6.92 Å². The summed E-state index contributed by atoms with van der Waals surface area (Å²) in [5, 5.41) is 2.08. The highest BCUT2D eigenvalue weighted by Gasteiger charge is 2.36. The number of nitrogens with zero attached hydrogens (tertiary/aromatic N) is 3. The van der Waals surface area contributed by atoms with Crippen molar-refractivity contribution in [2.24, 2.45) is 0 Å². The van der Waals surface area contributed by atoms with Crippen molar-refractivity contribution in [2.45, 2.75) is 57.5 Å². The van der Waals surface area contributed by atoms with E-state index in [1.165, 1.54) is 22.4 Å². The van der Waals surface area contributed by atoms with Crippen LogP contribution in [-0.2, 0) is 19.4 Å². The molecule has 3 aliphatic rings. The number of aryl methyl sites for hydroxylation is 2. The standard InChI is InChI=1S/C29H33N3O2S/c1-20-17-26(33)27(28(22-8-9-22)32(20)19-25-7-4-16-35-25)29(34)31-14-12-30(13-15-31)24-11-10-21-5-2-3-6-23(21)18-24/h2-7,16-17,22,24H,8-15,18-19H2,1H3/t24-/m1/s1. The van der Waals surface area contributed by atoms with Crippen LogP contribution in [-0.4, -0.2) is 52.5 Å². The van der Waals surface area contributed by atoms with Gasteiger partial charge in [0.2, 0.25) is 0 Å². The third-order valence-electron chi connectivity index (χ3n) is 8.07. The van der Waals surface area contributed by atoms with Crippen molar-refractivity contribution < 1.29 is 4.79 Å². The maximum absolute atomic E-state index is 13.8. The molecule has 182 valence electrons. The number of piperazine rings is 1. The van der Waals surface area contributed by atoms with Crippen molar-refractivity contribution in [1.82, 2.24) is 14.4 Å². The molecule has 2 aromatic heterocycles. The van der Waals surface area contributed by atoms with E-state index >= 15 is 0 Å². The molecule has 1 saturated carbocycles. The first-order valence-corrected chi connectivity index (χ1v) is 13.8. The zero-order valence-electron chi connectivity index (χ0n) is 20.4. The minimum Gasteiger partial charge on any atom is -0.342 e. The van der Waals surface area contributed by atoms with Crippen molar-refractivity contribution in [1.29, 1.82) is 0 Å². The first-order valence-electron chi connectivity index (χ1n) is 13.0. The molecule has 1 saturated heterocycles. The predicted octanol–water partition coefficient (Wildman–Crippen LogP) is 4.46. The van der Waals surface area contributed by atoms with Crippen LogP contribution in [0.3, 0.4) is 0 Å². The number of amides is 1. The molecule has 1 atom stereocenters. The Bertz CT molecular complexity index is 1280. The molecular formula is C29H33N3O2S. The summed E-state index contributed by atoms with van der Waals surface area (Å²) in [5.74, 6) is 0.260. The average Bonchev–Trinajstić information content (AvgIpc) is 3.59. The summed E-state index contributed by atoms with van der Waals surface area (Å²) in [7, 11) is 0. The highest BCUT2D eigenvalue weighted by Crippen LogP contribution is 2.42. The molecule has 2 fully saturated rings. The Labute approximate surface area is 211 Å². The number of hydrogen-bond acceptors (Lipinski definition) is 4. The highest BCUT2D eigenvalue weighted by atomic mass is 32.1. The number of rotatable bonds is 5. The Hall–Kier alpha value is -2.70. The molecule has 5 nitrogen and oxygen atoms in total. The number of pyridine rings is 1. The van der Waals surface area contributed by atoms with Crippen LogP contribution in [0.25, 0.3) is 0 Å². The molecule has 0 radical (unpaired) electrons. The molecule has 0 bridgehead atoms. The SMILES string of the molecule is Cc1cc(=O)c(C(=O)N2CCN([C@@H]3CCc4ccccc4C3)CC2)c(C2CC2)n1Cc1cccs1. The molecule has 0 N–H and O–H groups in total. The molecular weight excluding hydrogens is 454 g/mol. The summed E-state index contributed by atoms with van der Waals surface area (Å²) in [5.41, 5.74) is 5.20. The van der Waals surface area contributed by atoms with Gasteiger partial charge in [0.25, 0.3) is 5.91 Å². The van der Waals surface area contributed by atoms with Gasteiger partial charge in [0.05, 0.1) is 6.54 Å². The van der Waals surface area contributed by atoms with Crippen LogP contribution < -0.4 is 5.43 Å². The first kappa shape index (κ1) is 22.7. The zero-order valence-corrected chi connectivity index (χ0v) is 21.2. The highest BCUT2D eigenvalue weighted by molar-refractivity contribution is 7.09. The number of hydrogen-bond donors (Lipinski definition) is 0. The van der Waals surface area contributed by atoms with Crippen molar-refractivity contribution in [3.63, 3.8) is 0 Å². The van der Waals surface area contributed by atoms with Crippen molar-refractivity contribution >= 4 is 17.2 Å². The number of thiophene rings is 1. The van der Waals surface area contributed by atoms with E-state index < -0.39 is 0 Å². The molecule has 6 heteroatoms. The van der Waals surface area contributed by atoms with Gasteiger partial charge in [-0.25, -0.2) is 0 Å². The van der Waals surface area contributed by atoms with Gasteiger partial charge in [-0.15, -0.1) is 11.3 Å².